The highest BCUT2D eigenvalue weighted by atomic mass is 35.5. The van der Waals surface area contributed by atoms with Crippen LogP contribution < -0.4 is 5.32 Å². The van der Waals surface area contributed by atoms with Crippen LogP contribution in [0, 0.1) is 0 Å². The van der Waals surface area contributed by atoms with Gasteiger partial charge >= 0.3 is 0 Å². The molecular weight excluding hydrogens is 373 g/mol. The van der Waals surface area contributed by atoms with Crippen molar-refractivity contribution in [3.63, 3.8) is 0 Å². The molecule has 0 saturated carbocycles. The molecule has 26 heavy (non-hydrogen) atoms. The first-order valence-corrected chi connectivity index (χ1v) is 8.82. The summed E-state index contributed by atoms with van der Waals surface area (Å²) in [5, 5.41) is 4.68. The fourth-order valence-corrected chi connectivity index (χ4v) is 4.02. The summed E-state index contributed by atoms with van der Waals surface area (Å²) in [6.45, 7) is 2.30. The second kappa shape index (κ2) is 8.61. The van der Waals surface area contributed by atoms with Crippen molar-refractivity contribution in [3.8, 4) is 0 Å². The highest BCUT2D eigenvalue weighted by molar-refractivity contribution is 5.99. The maximum atomic E-state index is 13.2. The molecule has 2 saturated heterocycles. The predicted molar refractivity (Wildman–Crippen MR) is 109 cm³/mol. The van der Waals surface area contributed by atoms with Gasteiger partial charge in [-0.15, -0.1) is 24.8 Å². The number of likely N-dealkylation sites (tertiary alicyclic amines) is 1. The van der Waals surface area contributed by atoms with Gasteiger partial charge in [-0.2, -0.15) is 0 Å². The third-order valence-electron chi connectivity index (χ3n) is 5.18. The lowest BCUT2D eigenvalue weighted by molar-refractivity contribution is 0.0716. The zero-order valence-electron chi connectivity index (χ0n) is 15.2. The Morgan fingerprint density at radius 2 is 1.92 bits per heavy atom. The van der Waals surface area contributed by atoms with Gasteiger partial charge in [0, 0.05) is 42.7 Å². The number of carbonyl (C=O) groups is 1. The molecule has 0 aliphatic carbocycles. The summed E-state index contributed by atoms with van der Waals surface area (Å²) < 4.78 is 6.00. The van der Waals surface area contributed by atoms with Crippen molar-refractivity contribution in [1.29, 1.82) is 0 Å². The van der Waals surface area contributed by atoms with Crippen LogP contribution in [0.4, 0.5) is 0 Å². The van der Waals surface area contributed by atoms with Gasteiger partial charge < -0.3 is 19.5 Å². The van der Waals surface area contributed by atoms with Gasteiger partial charge in [-0.3, -0.25) is 4.79 Å². The molecule has 2 atom stereocenters. The Bertz CT molecular complexity index is 762. The van der Waals surface area contributed by atoms with Crippen molar-refractivity contribution in [1.82, 2.24) is 15.1 Å². The van der Waals surface area contributed by atoms with Crippen LogP contribution in [0.1, 0.15) is 35.4 Å². The predicted octanol–water partition coefficient (Wildman–Crippen LogP) is 3.30. The molecular formula is C19H27Cl2N3O2. The molecule has 4 rings (SSSR count). The Kier molecular flexibility index (Phi) is 6.97. The normalized spacial score (nSPS) is 22.0. The number of nitrogens with zero attached hydrogens (tertiary/aromatic N) is 2. The van der Waals surface area contributed by atoms with Gasteiger partial charge in [0.2, 0.25) is 0 Å². The molecule has 2 aliphatic rings. The molecule has 5 nitrogen and oxygen atoms in total. The van der Waals surface area contributed by atoms with Gasteiger partial charge in [-0.25, -0.2) is 0 Å². The van der Waals surface area contributed by atoms with E-state index in [1.165, 1.54) is 12.8 Å². The van der Waals surface area contributed by atoms with E-state index in [-0.39, 0.29) is 30.7 Å². The quantitative estimate of drug-likeness (QED) is 0.859. The Hall–Kier alpha value is -1.27. The highest BCUT2D eigenvalue weighted by Gasteiger charge is 2.33. The summed E-state index contributed by atoms with van der Waals surface area (Å²) in [5.41, 5.74) is 1.80. The maximum Gasteiger partial charge on any atom is 0.290 e. The van der Waals surface area contributed by atoms with E-state index in [1.54, 1.807) is 0 Å². The zero-order chi connectivity index (χ0) is 16.7. The van der Waals surface area contributed by atoms with Crippen LogP contribution >= 0.6 is 24.8 Å². The van der Waals surface area contributed by atoms with Crippen molar-refractivity contribution < 1.29 is 9.21 Å². The monoisotopic (exact) mass is 399 g/mol. The molecule has 2 bridgehead atoms. The van der Waals surface area contributed by atoms with Crippen LogP contribution in [0.15, 0.2) is 28.7 Å². The summed E-state index contributed by atoms with van der Waals surface area (Å²) >= 11 is 0. The van der Waals surface area contributed by atoms with Gasteiger partial charge in [0.25, 0.3) is 5.91 Å². The number of para-hydroxylation sites is 1. The molecule has 1 amide bonds. The van der Waals surface area contributed by atoms with Crippen LogP contribution in [-0.2, 0) is 6.54 Å². The average Bonchev–Trinajstić information content (AvgIpc) is 3.07. The Balaban J connectivity index is 0.00000121. The smallest absolute Gasteiger partial charge is 0.290 e. The molecule has 2 aromatic rings. The van der Waals surface area contributed by atoms with Gasteiger partial charge in [-0.05, 0) is 39.4 Å². The Labute approximate surface area is 166 Å². The third kappa shape index (κ3) is 4.01. The second-order valence-electron chi connectivity index (χ2n) is 7.32. The molecule has 2 unspecified atom stereocenters. The lowest BCUT2D eigenvalue weighted by Gasteiger charge is -2.24. The summed E-state index contributed by atoms with van der Waals surface area (Å²) in [6.07, 6.45) is 3.44. The van der Waals surface area contributed by atoms with Crippen LogP contribution in [0.3, 0.4) is 0 Å². The van der Waals surface area contributed by atoms with E-state index in [1.807, 2.05) is 43.3 Å². The first-order chi connectivity index (χ1) is 11.6. The van der Waals surface area contributed by atoms with Crippen molar-refractivity contribution in [2.75, 3.05) is 27.2 Å². The number of halogens is 2. The van der Waals surface area contributed by atoms with Crippen LogP contribution in [0.5, 0.6) is 0 Å². The molecule has 1 N–H and O–H groups in total. The molecule has 2 aliphatic heterocycles. The van der Waals surface area contributed by atoms with E-state index < -0.39 is 0 Å². The van der Waals surface area contributed by atoms with Crippen molar-refractivity contribution in [2.45, 2.75) is 37.9 Å². The minimum atomic E-state index is 0. The highest BCUT2D eigenvalue weighted by Crippen LogP contribution is 2.29. The number of benzene rings is 1. The number of hydrogen-bond donors (Lipinski definition) is 1. The summed E-state index contributed by atoms with van der Waals surface area (Å²) in [6, 6.07) is 8.94. The standard InChI is InChI=1S/C19H25N3O2.2ClH/c1-21(2)12-16-15-5-3-4-6-17(15)24-18(16)19(23)22-10-9-13-7-8-14(11-22)20-13;;/h3-6,13-14,20H,7-12H2,1-2H3;2*1H. The molecule has 0 radical (unpaired) electrons. The molecule has 0 spiro atoms. The number of amides is 1. The summed E-state index contributed by atoms with van der Waals surface area (Å²) in [4.78, 5) is 17.2. The molecule has 2 fully saturated rings. The first kappa shape index (κ1) is 21.0. The largest absolute Gasteiger partial charge is 0.451 e. The van der Waals surface area contributed by atoms with Gasteiger partial charge in [0.15, 0.2) is 5.76 Å². The van der Waals surface area contributed by atoms with E-state index in [2.05, 4.69) is 10.2 Å². The fraction of sp³-hybridized carbons (Fsp3) is 0.526. The number of carbonyl (C=O) groups excluding carboxylic acids is 1. The van der Waals surface area contributed by atoms with Crippen LogP contribution in [0.25, 0.3) is 11.0 Å². The lowest BCUT2D eigenvalue weighted by Crippen LogP contribution is -2.39. The summed E-state index contributed by atoms with van der Waals surface area (Å²) in [7, 11) is 4.04. The van der Waals surface area contributed by atoms with E-state index in [9.17, 15) is 4.79 Å². The molecule has 7 heteroatoms. The number of furan rings is 1. The third-order valence-corrected chi connectivity index (χ3v) is 5.18. The maximum absolute atomic E-state index is 13.2. The van der Waals surface area contributed by atoms with Crippen LogP contribution in [0.2, 0.25) is 0 Å². The fourth-order valence-electron chi connectivity index (χ4n) is 4.02. The Morgan fingerprint density at radius 3 is 2.69 bits per heavy atom. The molecule has 144 valence electrons. The minimum Gasteiger partial charge on any atom is -0.451 e. The molecule has 1 aromatic heterocycles. The number of hydrogen-bond acceptors (Lipinski definition) is 4. The lowest BCUT2D eigenvalue weighted by atomic mass is 10.1. The Morgan fingerprint density at radius 1 is 1.19 bits per heavy atom. The van der Waals surface area contributed by atoms with Crippen molar-refractivity contribution >= 4 is 41.7 Å². The average molecular weight is 400 g/mol. The van der Waals surface area contributed by atoms with E-state index in [0.29, 0.717) is 24.4 Å². The van der Waals surface area contributed by atoms with E-state index in [4.69, 9.17) is 4.42 Å². The van der Waals surface area contributed by atoms with Crippen molar-refractivity contribution in [2.24, 2.45) is 0 Å². The molecule has 1 aromatic carbocycles. The van der Waals surface area contributed by atoms with Gasteiger partial charge in [0.1, 0.15) is 5.58 Å². The number of nitrogens with one attached hydrogen (secondary N) is 1. The number of rotatable bonds is 3. The number of fused-ring (bicyclic) bond motifs is 3. The van der Waals surface area contributed by atoms with E-state index >= 15 is 0 Å². The SMILES string of the molecule is CN(C)Cc1c(C(=O)N2CCC3CCC(C2)N3)oc2ccccc12.Cl.Cl. The first-order valence-electron chi connectivity index (χ1n) is 8.82. The zero-order valence-corrected chi connectivity index (χ0v) is 16.9. The van der Waals surface area contributed by atoms with Gasteiger partial charge in [-0.1, -0.05) is 18.2 Å². The second-order valence-corrected chi connectivity index (χ2v) is 7.32. The topological polar surface area (TPSA) is 48.7 Å². The summed E-state index contributed by atoms with van der Waals surface area (Å²) in [5.74, 6) is 0.556. The van der Waals surface area contributed by atoms with Gasteiger partial charge in [0.05, 0.1) is 0 Å². The molecule has 3 heterocycles. The van der Waals surface area contributed by atoms with Crippen molar-refractivity contribution in [3.05, 3.63) is 35.6 Å². The van der Waals surface area contributed by atoms with E-state index in [0.717, 1.165) is 36.0 Å². The van der Waals surface area contributed by atoms with Crippen LogP contribution in [-0.4, -0.2) is 55.0 Å². The minimum absolute atomic E-state index is 0.